The molecule has 79 valence electrons. The van der Waals surface area contributed by atoms with Crippen LogP contribution >= 0.6 is 0 Å². The Bertz CT molecular complexity index is 171. The van der Waals surface area contributed by atoms with Crippen molar-refractivity contribution in [2.24, 2.45) is 5.92 Å². The van der Waals surface area contributed by atoms with Gasteiger partial charge in [-0.25, -0.2) is 0 Å². The van der Waals surface area contributed by atoms with Crippen LogP contribution in [0.3, 0.4) is 0 Å². The van der Waals surface area contributed by atoms with Gasteiger partial charge in [-0.2, -0.15) is 0 Å². The molecule has 0 spiro atoms. The smallest absolute Gasteiger partial charge is 0.00934 e. The number of nitrogens with zero attached hydrogens (tertiary/aromatic N) is 2. The van der Waals surface area contributed by atoms with Crippen LogP contribution in [0.15, 0.2) is 0 Å². The second-order valence-electron chi connectivity index (χ2n) is 4.72. The van der Waals surface area contributed by atoms with Crippen LogP contribution in [0.1, 0.15) is 33.1 Å². The first kappa shape index (κ1) is 13.1. The van der Waals surface area contributed by atoms with Crippen LogP contribution in [0.25, 0.3) is 5.32 Å². The van der Waals surface area contributed by atoms with Crippen LogP contribution in [0.4, 0.5) is 0 Å². The first-order chi connectivity index (χ1) is 6.29. The summed E-state index contributed by atoms with van der Waals surface area (Å²) in [5, 5.41) is 4.53. The van der Waals surface area contributed by atoms with Gasteiger partial charge in [-0.1, -0.05) is 6.42 Å². The molecule has 2 heterocycles. The molecule has 2 atom stereocenters. The minimum Gasteiger partial charge on any atom is -0.662 e. The standard InChI is InChI=1S/C11H21N2.Y/c1-9(2)13-7-3-4-10-8-12-6-5-11(10)13;/h9-11H,3-8H2,1-2H3;/q-1;. The van der Waals surface area contributed by atoms with Crippen molar-refractivity contribution in [3.8, 4) is 0 Å². The maximum Gasteiger partial charge on any atom is 0.00934 e. The molecule has 2 unspecified atom stereocenters. The van der Waals surface area contributed by atoms with Crippen LogP contribution in [0.2, 0.25) is 0 Å². The molecule has 0 aromatic heterocycles. The van der Waals surface area contributed by atoms with Crippen LogP contribution in [0, 0.1) is 5.92 Å². The van der Waals surface area contributed by atoms with E-state index in [9.17, 15) is 0 Å². The fraction of sp³-hybridized carbons (Fsp3) is 1.00. The van der Waals surface area contributed by atoms with Gasteiger partial charge >= 0.3 is 0 Å². The summed E-state index contributed by atoms with van der Waals surface area (Å²) in [5.41, 5.74) is 0. The summed E-state index contributed by atoms with van der Waals surface area (Å²) in [6, 6.07) is 1.58. The number of hydrogen-bond donors (Lipinski definition) is 0. The Kier molecular flexibility index (Phi) is 5.55. The van der Waals surface area contributed by atoms with Crippen molar-refractivity contribution in [3.63, 3.8) is 0 Å². The Hall–Kier alpha value is 1.02. The van der Waals surface area contributed by atoms with Crippen molar-refractivity contribution in [2.45, 2.75) is 45.2 Å². The summed E-state index contributed by atoms with van der Waals surface area (Å²) in [6.45, 7) is 8.21. The third kappa shape index (κ3) is 2.78. The van der Waals surface area contributed by atoms with Crippen LogP contribution in [-0.2, 0) is 32.7 Å². The van der Waals surface area contributed by atoms with Gasteiger partial charge in [0.2, 0.25) is 0 Å². The molecule has 0 bridgehead atoms. The minimum absolute atomic E-state index is 0. The van der Waals surface area contributed by atoms with E-state index in [4.69, 9.17) is 0 Å². The van der Waals surface area contributed by atoms with Crippen molar-refractivity contribution < 1.29 is 32.7 Å². The maximum absolute atomic E-state index is 4.53. The first-order valence-electron chi connectivity index (χ1n) is 5.68. The molecule has 14 heavy (non-hydrogen) atoms. The van der Waals surface area contributed by atoms with Gasteiger partial charge in [0.25, 0.3) is 0 Å². The second-order valence-corrected chi connectivity index (χ2v) is 4.72. The van der Waals surface area contributed by atoms with Gasteiger partial charge in [-0.15, -0.1) is 13.1 Å². The van der Waals surface area contributed by atoms with E-state index in [-0.39, 0.29) is 32.7 Å². The summed E-state index contributed by atoms with van der Waals surface area (Å²) < 4.78 is 0. The third-order valence-corrected chi connectivity index (χ3v) is 3.57. The predicted octanol–water partition coefficient (Wildman–Crippen LogP) is 2.25. The SMILES string of the molecule is CC(C)N1CCCC2C[N-]CCC21.[Y]. The zero-order valence-corrected chi connectivity index (χ0v) is 12.3. The zero-order valence-electron chi connectivity index (χ0n) is 9.45. The van der Waals surface area contributed by atoms with Gasteiger partial charge in [0.1, 0.15) is 0 Å². The second kappa shape index (κ2) is 5.93. The van der Waals surface area contributed by atoms with E-state index in [0.29, 0.717) is 0 Å². The fourth-order valence-corrected chi connectivity index (χ4v) is 2.90. The van der Waals surface area contributed by atoms with E-state index in [1.54, 1.807) is 0 Å². The molecule has 2 rings (SSSR count). The molecule has 0 aliphatic carbocycles. The molecule has 0 N–H and O–H groups in total. The van der Waals surface area contributed by atoms with Gasteiger partial charge in [0.15, 0.2) is 0 Å². The largest absolute Gasteiger partial charge is 0.662 e. The van der Waals surface area contributed by atoms with Gasteiger partial charge in [0, 0.05) is 44.8 Å². The maximum atomic E-state index is 4.53. The molecule has 2 nitrogen and oxygen atoms in total. The molecule has 1 radical (unpaired) electrons. The molecule has 3 heteroatoms. The Morgan fingerprint density at radius 2 is 2.07 bits per heavy atom. The molecular weight excluding hydrogens is 249 g/mol. The topological polar surface area (TPSA) is 17.3 Å². The molecule has 0 aromatic rings. The van der Waals surface area contributed by atoms with Gasteiger partial charge < -0.3 is 5.32 Å². The van der Waals surface area contributed by atoms with E-state index in [0.717, 1.165) is 31.1 Å². The molecule has 0 aromatic carbocycles. The normalized spacial score (nSPS) is 33.6. The summed E-state index contributed by atoms with van der Waals surface area (Å²) in [5.74, 6) is 0.880. The number of hydrogen-bond acceptors (Lipinski definition) is 1. The van der Waals surface area contributed by atoms with Crippen molar-refractivity contribution >= 4 is 0 Å². The zero-order chi connectivity index (χ0) is 9.26. The fourth-order valence-electron chi connectivity index (χ4n) is 2.90. The Balaban J connectivity index is 0.000000980. The van der Waals surface area contributed by atoms with E-state index < -0.39 is 0 Å². The van der Waals surface area contributed by atoms with Crippen molar-refractivity contribution in [1.82, 2.24) is 4.90 Å². The molecule has 2 fully saturated rings. The number of likely N-dealkylation sites (tertiary alicyclic amines) is 1. The Morgan fingerprint density at radius 1 is 1.29 bits per heavy atom. The summed E-state index contributed by atoms with van der Waals surface area (Å²) in [7, 11) is 0. The molecular formula is C11H21N2Y-. The minimum atomic E-state index is 0. The quantitative estimate of drug-likeness (QED) is 0.714. The monoisotopic (exact) mass is 270 g/mol. The number of rotatable bonds is 1. The average molecular weight is 270 g/mol. The van der Waals surface area contributed by atoms with Crippen molar-refractivity contribution in [2.75, 3.05) is 19.6 Å². The summed E-state index contributed by atoms with van der Waals surface area (Å²) >= 11 is 0. The third-order valence-electron chi connectivity index (χ3n) is 3.57. The number of fused-ring (bicyclic) bond motifs is 1. The summed E-state index contributed by atoms with van der Waals surface area (Å²) in [4.78, 5) is 2.70. The Morgan fingerprint density at radius 3 is 2.79 bits per heavy atom. The predicted molar refractivity (Wildman–Crippen MR) is 56.1 cm³/mol. The van der Waals surface area contributed by atoms with E-state index >= 15 is 0 Å². The van der Waals surface area contributed by atoms with Crippen LogP contribution < -0.4 is 0 Å². The van der Waals surface area contributed by atoms with E-state index in [1.165, 1.54) is 25.8 Å². The van der Waals surface area contributed by atoms with Crippen molar-refractivity contribution in [3.05, 3.63) is 5.32 Å². The number of piperidine rings is 2. The molecule has 2 aliphatic heterocycles. The Labute approximate surface area is 113 Å². The van der Waals surface area contributed by atoms with Gasteiger partial charge in [-0.05, 0) is 39.2 Å². The van der Waals surface area contributed by atoms with E-state index in [2.05, 4.69) is 24.1 Å². The summed E-state index contributed by atoms with van der Waals surface area (Å²) in [6.07, 6.45) is 4.11. The van der Waals surface area contributed by atoms with Crippen LogP contribution in [-0.4, -0.2) is 36.6 Å². The average Bonchev–Trinajstić information content (AvgIpc) is 2.17. The van der Waals surface area contributed by atoms with E-state index in [1.807, 2.05) is 0 Å². The molecule has 2 saturated heterocycles. The first-order valence-corrected chi connectivity index (χ1v) is 5.68. The van der Waals surface area contributed by atoms with Crippen molar-refractivity contribution in [1.29, 1.82) is 0 Å². The van der Waals surface area contributed by atoms with Gasteiger partial charge in [-0.3, -0.25) is 4.90 Å². The molecule has 0 saturated carbocycles. The van der Waals surface area contributed by atoms with Crippen LogP contribution in [0.5, 0.6) is 0 Å². The van der Waals surface area contributed by atoms with Gasteiger partial charge in [0.05, 0.1) is 0 Å². The molecule has 2 aliphatic rings. The molecule has 0 amide bonds.